The topological polar surface area (TPSA) is 56.9 Å². The lowest BCUT2D eigenvalue weighted by Gasteiger charge is -2.26. The van der Waals surface area contributed by atoms with Crippen molar-refractivity contribution < 1.29 is 0 Å². The van der Waals surface area contributed by atoms with Crippen LogP contribution >= 0.6 is 0 Å². The van der Waals surface area contributed by atoms with Crippen LogP contribution in [-0.2, 0) is 13.1 Å². The molecule has 1 fully saturated rings. The third kappa shape index (κ3) is 2.78. The maximum atomic E-state index is 9.13. The van der Waals surface area contributed by atoms with Gasteiger partial charge < -0.3 is 9.88 Å². The predicted octanol–water partition coefficient (Wildman–Crippen LogP) is 1.58. The van der Waals surface area contributed by atoms with Gasteiger partial charge in [0.2, 0.25) is 0 Å². The summed E-state index contributed by atoms with van der Waals surface area (Å²) in [6, 6.07) is 6.54. The minimum Gasteiger partial charge on any atom is -0.314 e. The second kappa shape index (κ2) is 5.84. The first-order valence-electron chi connectivity index (χ1n) is 7.45. The number of aryl methyl sites for hydroxylation is 2. The lowest BCUT2D eigenvalue weighted by molar-refractivity contribution is 0.226. The number of aromatic nitrogens is 2. The highest BCUT2D eigenvalue weighted by atomic mass is 15.2. The number of fused-ring (bicyclic) bond motifs is 1. The number of piperazine rings is 1. The molecule has 1 aliphatic rings. The highest BCUT2D eigenvalue weighted by Gasteiger charge is 2.16. The number of nitriles is 1. The Morgan fingerprint density at radius 2 is 1.95 bits per heavy atom. The predicted molar refractivity (Wildman–Crippen MR) is 83.0 cm³/mol. The van der Waals surface area contributed by atoms with E-state index in [4.69, 9.17) is 10.2 Å². The van der Waals surface area contributed by atoms with Gasteiger partial charge in [-0.3, -0.25) is 4.90 Å². The van der Waals surface area contributed by atoms with Crippen LogP contribution in [0, 0.1) is 25.2 Å². The van der Waals surface area contributed by atoms with Gasteiger partial charge in [-0.1, -0.05) is 0 Å². The second-order valence-electron chi connectivity index (χ2n) is 5.72. The molecule has 0 atom stereocenters. The maximum Gasteiger partial charge on any atom is 0.125 e. The molecule has 1 saturated heterocycles. The molecule has 1 aliphatic heterocycles. The van der Waals surface area contributed by atoms with Crippen molar-refractivity contribution in [3.05, 3.63) is 29.1 Å². The summed E-state index contributed by atoms with van der Waals surface area (Å²) in [4.78, 5) is 7.17. The molecule has 110 valence electrons. The fourth-order valence-corrected chi connectivity index (χ4v) is 2.87. The van der Waals surface area contributed by atoms with E-state index < -0.39 is 0 Å². The van der Waals surface area contributed by atoms with Crippen LogP contribution in [0.15, 0.2) is 12.1 Å². The minimum absolute atomic E-state index is 0.362. The zero-order valence-corrected chi connectivity index (χ0v) is 12.7. The molecule has 21 heavy (non-hydrogen) atoms. The lowest BCUT2D eigenvalue weighted by atomic mass is 10.1. The summed E-state index contributed by atoms with van der Waals surface area (Å²) in [5.74, 6) is 0.999. The summed E-state index contributed by atoms with van der Waals surface area (Å²) in [5.41, 5.74) is 4.57. The Hall–Kier alpha value is -1.90. The summed E-state index contributed by atoms with van der Waals surface area (Å²) in [5, 5.41) is 12.5. The molecule has 0 spiro atoms. The Bertz CT molecular complexity index is 689. The quantitative estimate of drug-likeness (QED) is 0.929. The molecule has 2 heterocycles. The first-order chi connectivity index (χ1) is 10.2. The van der Waals surface area contributed by atoms with Crippen molar-refractivity contribution in [2.24, 2.45) is 0 Å². The summed E-state index contributed by atoms with van der Waals surface area (Å²) in [7, 11) is 0. The molecule has 5 nitrogen and oxygen atoms in total. The number of benzene rings is 1. The Morgan fingerprint density at radius 1 is 1.24 bits per heavy atom. The lowest BCUT2D eigenvalue weighted by Crippen LogP contribution is -2.43. The zero-order chi connectivity index (χ0) is 14.8. The van der Waals surface area contributed by atoms with E-state index in [2.05, 4.69) is 46.8 Å². The van der Waals surface area contributed by atoms with Crippen molar-refractivity contribution in [3.8, 4) is 6.07 Å². The Morgan fingerprint density at radius 3 is 2.67 bits per heavy atom. The monoisotopic (exact) mass is 283 g/mol. The molecule has 2 aromatic rings. The van der Waals surface area contributed by atoms with Crippen LogP contribution < -0.4 is 5.32 Å². The van der Waals surface area contributed by atoms with E-state index in [1.165, 1.54) is 11.1 Å². The van der Waals surface area contributed by atoms with Crippen LogP contribution in [0.1, 0.15) is 17.0 Å². The van der Waals surface area contributed by atoms with Gasteiger partial charge in [-0.25, -0.2) is 4.98 Å². The second-order valence-corrected chi connectivity index (χ2v) is 5.72. The molecule has 0 aliphatic carbocycles. The number of rotatable bonds is 3. The van der Waals surface area contributed by atoms with E-state index >= 15 is 0 Å². The largest absolute Gasteiger partial charge is 0.314 e. The molecule has 1 aromatic heterocycles. The van der Waals surface area contributed by atoms with Crippen LogP contribution in [-0.4, -0.2) is 40.6 Å². The van der Waals surface area contributed by atoms with E-state index in [1.54, 1.807) is 0 Å². The highest BCUT2D eigenvalue weighted by Crippen LogP contribution is 2.21. The van der Waals surface area contributed by atoms with Gasteiger partial charge in [-0.2, -0.15) is 5.26 Å². The van der Waals surface area contributed by atoms with Gasteiger partial charge in [0.25, 0.3) is 0 Å². The third-order valence-corrected chi connectivity index (χ3v) is 4.25. The van der Waals surface area contributed by atoms with Gasteiger partial charge in [-0.05, 0) is 37.1 Å². The first kappa shape index (κ1) is 14.1. The molecule has 5 heteroatoms. The van der Waals surface area contributed by atoms with E-state index in [1.807, 2.05) is 0 Å². The summed E-state index contributed by atoms with van der Waals surface area (Å²) in [6.45, 7) is 9.51. The maximum absolute atomic E-state index is 9.13. The molecule has 0 bridgehead atoms. The van der Waals surface area contributed by atoms with Gasteiger partial charge in [0.05, 0.1) is 23.6 Å². The molecule has 0 radical (unpaired) electrons. The van der Waals surface area contributed by atoms with Crippen molar-refractivity contribution in [3.63, 3.8) is 0 Å². The van der Waals surface area contributed by atoms with E-state index in [-0.39, 0.29) is 0 Å². The van der Waals surface area contributed by atoms with Crippen LogP contribution in [0.3, 0.4) is 0 Å². The molecular formula is C16H21N5. The van der Waals surface area contributed by atoms with Crippen molar-refractivity contribution >= 4 is 11.0 Å². The van der Waals surface area contributed by atoms with Crippen molar-refractivity contribution in [2.45, 2.75) is 26.9 Å². The average Bonchev–Trinajstić information content (AvgIpc) is 2.79. The standard InChI is InChI=1S/C16H21N5/c1-12-9-14-15(10-13(12)2)21(6-3-17)16(19-14)11-20-7-4-18-5-8-20/h9-10,18H,4-8,11H2,1-2H3. The minimum atomic E-state index is 0.362. The van der Waals surface area contributed by atoms with Gasteiger partial charge in [0.1, 0.15) is 12.4 Å². The molecular weight excluding hydrogens is 262 g/mol. The summed E-state index contributed by atoms with van der Waals surface area (Å²) >= 11 is 0. The number of imidazole rings is 1. The Labute approximate surface area is 125 Å². The Balaban J connectivity index is 2.00. The smallest absolute Gasteiger partial charge is 0.125 e. The number of hydrogen-bond donors (Lipinski definition) is 1. The average molecular weight is 283 g/mol. The zero-order valence-electron chi connectivity index (χ0n) is 12.7. The van der Waals surface area contributed by atoms with Gasteiger partial charge in [0, 0.05) is 26.2 Å². The third-order valence-electron chi connectivity index (χ3n) is 4.25. The fraction of sp³-hybridized carbons (Fsp3) is 0.500. The molecule has 3 rings (SSSR count). The van der Waals surface area contributed by atoms with Gasteiger partial charge in [0.15, 0.2) is 0 Å². The van der Waals surface area contributed by atoms with Gasteiger partial charge >= 0.3 is 0 Å². The number of nitrogens with zero attached hydrogens (tertiary/aromatic N) is 4. The van der Waals surface area contributed by atoms with Crippen LogP contribution in [0.5, 0.6) is 0 Å². The Kier molecular flexibility index (Phi) is 3.91. The van der Waals surface area contributed by atoms with Crippen LogP contribution in [0.2, 0.25) is 0 Å². The van der Waals surface area contributed by atoms with E-state index in [0.29, 0.717) is 6.54 Å². The van der Waals surface area contributed by atoms with E-state index in [9.17, 15) is 0 Å². The van der Waals surface area contributed by atoms with Gasteiger partial charge in [-0.15, -0.1) is 0 Å². The van der Waals surface area contributed by atoms with Crippen molar-refractivity contribution in [1.29, 1.82) is 5.26 Å². The van der Waals surface area contributed by atoms with Crippen LogP contribution in [0.25, 0.3) is 11.0 Å². The summed E-state index contributed by atoms with van der Waals surface area (Å²) in [6.07, 6.45) is 0. The summed E-state index contributed by atoms with van der Waals surface area (Å²) < 4.78 is 2.06. The van der Waals surface area contributed by atoms with Crippen LogP contribution in [0.4, 0.5) is 0 Å². The van der Waals surface area contributed by atoms with Crippen molar-refractivity contribution in [2.75, 3.05) is 26.2 Å². The fourth-order valence-electron chi connectivity index (χ4n) is 2.87. The molecule has 0 saturated carbocycles. The van der Waals surface area contributed by atoms with Crippen molar-refractivity contribution in [1.82, 2.24) is 19.8 Å². The molecule has 0 unspecified atom stereocenters. The number of hydrogen-bond acceptors (Lipinski definition) is 4. The highest BCUT2D eigenvalue weighted by molar-refractivity contribution is 5.78. The molecule has 1 N–H and O–H groups in total. The molecule has 0 amide bonds. The normalized spacial score (nSPS) is 16.2. The SMILES string of the molecule is Cc1cc2nc(CN3CCNCC3)n(CC#N)c2cc1C. The molecule has 1 aromatic carbocycles. The first-order valence-corrected chi connectivity index (χ1v) is 7.45. The number of nitrogens with one attached hydrogen (secondary N) is 1. The van der Waals surface area contributed by atoms with E-state index in [0.717, 1.165) is 49.6 Å².